The Balaban J connectivity index is 1.98. The van der Waals surface area contributed by atoms with Crippen LogP contribution < -0.4 is 0 Å². The summed E-state index contributed by atoms with van der Waals surface area (Å²) in [6, 6.07) is 11.7. The molecular weight excluding hydrogens is 318 g/mol. The lowest BCUT2D eigenvalue weighted by molar-refractivity contribution is -0.116. The monoisotopic (exact) mass is 328 g/mol. The van der Waals surface area contributed by atoms with Gasteiger partial charge in [0.05, 0.1) is 10.8 Å². The Bertz CT molecular complexity index is 611. The summed E-state index contributed by atoms with van der Waals surface area (Å²) in [4.78, 5) is 12.7. The van der Waals surface area contributed by atoms with Crippen molar-refractivity contribution in [1.29, 1.82) is 0 Å². The van der Waals surface area contributed by atoms with E-state index in [1.54, 1.807) is 12.1 Å². The van der Waals surface area contributed by atoms with Crippen LogP contribution in [0.5, 0.6) is 0 Å². The van der Waals surface area contributed by atoms with Crippen LogP contribution in [0.4, 0.5) is 4.39 Å². The highest BCUT2D eigenvalue weighted by Gasteiger charge is 2.12. The third-order valence-electron chi connectivity index (χ3n) is 2.66. The van der Waals surface area contributed by atoms with Crippen molar-refractivity contribution < 1.29 is 9.18 Å². The molecule has 0 heterocycles. The first-order valence-electron chi connectivity index (χ1n) is 5.90. The quantitative estimate of drug-likeness (QED) is 0.715. The summed E-state index contributed by atoms with van der Waals surface area (Å²) in [6.45, 7) is 0. The molecule has 104 valence electrons. The van der Waals surface area contributed by atoms with Crippen LogP contribution in [-0.4, -0.2) is 11.5 Å². The molecule has 0 saturated heterocycles. The van der Waals surface area contributed by atoms with E-state index in [0.717, 1.165) is 4.90 Å². The van der Waals surface area contributed by atoms with Gasteiger partial charge in [-0.25, -0.2) is 4.39 Å². The van der Waals surface area contributed by atoms with E-state index in [0.29, 0.717) is 5.02 Å². The van der Waals surface area contributed by atoms with Crippen LogP contribution in [-0.2, 0) is 11.2 Å². The Morgan fingerprint density at radius 1 is 1.05 bits per heavy atom. The highest BCUT2D eigenvalue weighted by Crippen LogP contribution is 2.27. The predicted octanol–water partition coefficient (Wildman–Crippen LogP) is 5.04. The smallest absolute Gasteiger partial charge is 0.147 e. The number of hydrogen-bond acceptors (Lipinski definition) is 2. The van der Waals surface area contributed by atoms with Crippen LogP contribution in [0.3, 0.4) is 0 Å². The van der Waals surface area contributed by atoms with Crippen molar-refractivity contribution >= 4 is 40.7 Å². The van der Waals surface area contributed by atoms with Gasteiger partial charge in [-0.2, -0.15) is 0 Å². The number of benzene rings is 2. The third-order valence-corrected chi connectivity index (χ3v) is 4.59. The first kappa shape index (κ1) is 15.4. The third kappa shape index (κ3) is 3.98. The van der Waals surface area contributed by atoms with Crippen molar-refractivity contribution in [3.8, 4) is 0 Å². The maximum absolute atomic E-state index is 13.6. The minimum Gasteiger partial charge on any atom is -0.298 e. The van der Waals surface area contributed by atoms with Gasteiger partial charge in [-0.15, -0.1) is 11.8 Å². The van der Waals surface area contributed by atoms with Crippen LogP contribution in [0.2, 0.25) is 10.0 Å². The lowest BCUT2D eigenvalue weighted by atomic mass is 10.1. The fourth-order valence-corrected chi connectivity index (χ4v) is 3.00. The molecule has 5 heteroatoms. The Kier molecular flexibility index (Phi) is 5.46. The van der Waals surface area contributed by atoms with Gasteiger partial charge in [0.2, 0.25) is 0 Å². The molecule has 0 aliphatic heterocycles. The second-order valence-electron chi connectivity index (χ2n) is 4.13. The van der Waals surface area contributed by atoms with E-state index in [1.807, 2.05) is 18.2 Å². The second-order valence-corrected chi connectivity index (χ2v) is 5.97. The Morgan fingerprint density at radius 3 is 2.45 bits per heavy atom. The number of hydrogen-bond donors (Lipinski definition) is 0. The molecule has 2 aromatic rings. The minimum absolute atomic E-state index is 0.0110. The van der Waals surface area contributed by atoms with E-state index in [9.17, 15) is 9.18 Å². The number of ketones is 1. The number of Topliss-reactive ketones (excluding diaryl/α,β-unsaturated/α-hetero) is 1. The highest BCUT2D eigenvalue weighted by molar-refractivity contribution is 8.00. The number of halogens is 3. The van der Waals surface area contributed by atoms with Gasteiger partial charge in [0, 0.05) is 21.9 Å². The summed E-state index contributed by atoms with van der Waals surface area (Å²) in [5, 5.41) is 0.885. The molecule has 0 fully saturated rings. The SMILES string of the molecule is O=C(CSc1ccccc1Cl)Cc1c(F)cccc1Cl. The zero-order chi connectivity index (χ0) is 14.5. The summed E-state index contributed by atoms with van der Waals surface area (Å²) in [5.41, 5.74) is 0.249. The van der Waals surface area contributed by atoms with Gasteiger partial charge in [-0.3, -0.25) is 4.79 Å². The Hall–Kier alpha value is -1.03. The zero-order valence-corrected chi connectivity index (χ0v) is 12.7. The summed E-state index contributed by atoms with van der Waals surface area (Å²) in [5.74, 6) is -0.315. The molecule has 0 unspecified atom stereocenters. The standard InChI is InChI=1S/C15H11Cl2FOS/c16-12-5-3-6-14(18)11(12)8-10(19)9-20-15-7-2-1-4-13(15)17/h1-7H,8-9H2. The molecule has 0 aliphatic rings. The highest BCUT2D eigenvalue weighted by atomic mass is 35.5. The van der Waals surface area contributed by atoms with E-state index >= 15 is 0 Å². The van der Waals surface area contributed by atoms with Crippen LogP contribution in [0.1, 0.15) is 5.56 Å². The van der Waals surface area contributed by atoms with Gasteiger partial charge in [0.15, 0.2) is 0 Å². The van der Waals surface area contributed by atoms with E-state index in [2.05, 4.69) is 0 Å². The zero-order valence-electron chi connectivity index (χ0n) is 10.4. The summed E-state index contributed by atoms with van der Waals surface area (Å²) in [7, 11) is 0. The van der Waals surface area contributed by atoms with Crippen molar-refractivity contribution in [1.82, 2.24) is 0 Å². The van der Waals surface area contributed by atoms with Crippen LogP contribution >= 0.6 is 35.0 Å². The number of carbonyl (C=O) groups is 1. The van der Waals surface area contributed by atoms with Crippen molar-refractivity contribution in [3.63, 3.8) is 0 Å². The van der Waals surface area contributed by atoms with E-state index < -0.39 is 5.82 Å². The molecule has 0 saturated carbocycles. The lowest BCUT2D eigenvalue weighted by Crippen LogP contribution is -2.07. The fraction of sp³-hybridized carbons (Fsp3) is 0.133. The fourth-order valence-electron chi connectivity index (χ4n) is 1.67. The Labute approximate surface area is 131 Å². The molecule has 0 N–H and O–H groups in total. The van der Waals surface area contributed by atoms with Gasteiger partial charge in [0.25, 0.3) is 0 Å². The largest absolute Gasteiger partial charge is 0.298 e. The average molecular weight is 329 g/mol. The maximum Gasteiger partial charge on any atom is 0.147 e. The first-order valence-corrected chi connectivity index (χ1v) is 7.64. The van der Waals surface area contributed by atoms with Gasteiger partial charge >= 0.3 is 0 Å². The number of carbonyl (C=O) groups excluding carboxylic acids is 1. The van der Waals surface area contributed by atoms with Crippen LogP contribution in [0.25, 0.3) is 0 Å². The second kappa shape index (κ2) is 7.11. The summed E-state index contributed by atoms with van der Waals surface area (Å²) < 4.78 is 13.6. The number of rotatable bonds is 5. The van der Waals surface area contributed by atoms with E-state index in [-0.39, 0.29) is 28.5 Å². The molecule has 20 heavy (non-hydrogen) atoms. The van der Waals surface area contributed by atoms with Crippen molar-refractivity contribution in [2.75, 3.05) is 5.75 Å². The maximum atomic E-state index is 13.6. The van der Waals surface area contributed by atoms with E-state index in [1.165, 1.54) is 23.9 Å². The summed E-state index contributed by atoms with van der Waals surface area (Å²) in [6.07, 6.45) is -0.0110. The molecule has 1 nitrogen and oxygen atoms in total. The van der Waals surface area contributed by atoms with Crippen molar-refractivity contribution in [3.05, 3.63) is 63.9 Å². The van der Waals surface area contributed by atoms with Gasteiger partial charge in [0.1, 0.15) is 11.6 Å². The molecule has 2 rings (SSSR count). The minimum atomic E-state index is -0.450. The molecule has 0 spiro atoms. The molecule has 0 radical (unpaired) electrons. The normalized spacial score (nSPS) is 10.6. The lowest BCUT2D eigenvalue weighted by Gasteiger charge is -2.06. The average Bonchev–Trinajstić information content (AvgIpc) is 2.42. The molecular formula is C15H11Cl2FOS. The van der Waals surface area contributed by atoms with E-state index in [4.69, 9.17) is 23.2 Å². The van der Waals surface area contributed by atoms with Crippen molar-refractivity contribution in [2.24, 2.45) is 0 Å². The summed E-state index contributed by atoms with van der Waals surface area (Å²) >= 11 is 13.2. The van der Waals surface area contributed by atoms with Gasteiger partial charge < -0.3 is 0 Å². The van der Waals surface area contributed by atoms with Crippen LogP contribution in [0.15, 0.2) is 47.4 Å². The molecule has 0 bridgehead atoms. The molecule has 0 amide bonds. The van der Waals surface area contributed by atoms with Crippen LogP contribution in [0, 0.1) is 5.82 Å². The van der Waals surface area contributed by atoms with Gasteiger partial charge in [-0.05, 0) is 24.3 Å². The molecule has 0 aliphatic carbocycles. The first-order chi connectivity index (χ1) is 9.58. The topological polar surface area (TPSA) is 17.1 Å². The predicted molar refractivity (Wildman–Crippen MR) is 82.3 cm³/mol. The Morgan fingerprint density at radius 2 is 1.75 bits per heavy atom. The molecule has 0 aromatic heterocycles. The van der Waals surface area contributed by atoms with Crippen molar-refractivity contribution in [2.45, 2.75) is 11.3 Å². The number of thioether (sulfide) groups is 1. The molecule has 2 aromatic carbocycles. The van der Waals surface area contributed by atoms with Gasteiger partial charge in [-0.1, -0.05) is 41.4 Å². The molecule has 0 atom stereocenters.